The molecule has 3 N–H and O–H groups in total. The van der Waals surface area contributed by atoms with Crippen molar-refractivity contribution in [2.45, 2.75) is 18.8 Å². The van der Waals surface area contributed by atoms with E-state index in [0.717, 1.165) is 0 Å². The average Bonchev–Trinajstić information content (AvgIpc) is 2.30. The second-order valence-electron chi connectivity index (χ2n) is 4.08. The summed E-state index contributed by atoms with van der Waals surface area (Å²) < 4.78 is 14.0. The maximum Gasteiger partial charge on any atom is 0.251 e. The molecule has 6 heteroatoms. The lowest BCUT2D eigenvalue weighted by Crippen LogP contribution is -2.39. The van der Waals surface area contributed by atoms with Gasteiger partial charge in [-0.25, -0.2) is 4.39 Å². The van der Waals surface area contributed by atoms with Gasteiger partial charge in [0.25, 0.3) is 5.91 Å². The molecule has 0 radical (unpaired) electrons. The van der Waals surface area contributed by atoms with Crippen molar-refractivity contribution in [3.8, 4) is 0 Å². The number of piperidine rings is 1. The highest BCUT2D eigenvalue weighted by Crippen LogP contribution is 2.28. The minimum absolute atomic E-state index is 0.0938. The lowest BCUT2D eigenvalue weighted by atomic mass is 9.89. The van der Waals surface area contributed by atoms with Gasteiger partial charge in [0.2, 0.25) is 11.8 Å². The molecule has 1 aromatic rings. The van der Waals surface area contributed by atoms with E-state index < -0.39 is 23.5 Å². The van der Waals surface area contributed by atoms with Crippen LogP contribution in [0.2, 0.25) is 0 Å². The predicted molar refractivity (Wildman–Crippen MR) is 60.0 cm³/mol. The molecule has 2 rings (SSSR count). The molecule has 0 spiro atoms. The van der Waals surface area contributed by atoms with Crippen molar-refractivity contribution < 1.29 is 18.8 Å². The van der Waals surface area contributed by atoms with Gasteiger partial charge in [0.1, 0.15) is 5.82 Å². The zero-order valence-electron chi connectivity index (χ0n) is 9.40. The van der Waals surface area contributed by atoms with Gasteiger partial charge in [-0.05, 0) is 12.5 Å². The lowest BCUT2D eigenvalue weighted by Gasteiger charge is -2.21. The quantitative estimate of drug-likeness (QED) is 0.746. The standard InChI is InChI=1S/C12H11FN2O3/c13-10-6(2-1-3-8(10)11(14)17)7-4-5-9(16)15-12(7)18/h1-3,7H,4-5H2,(H2,14,17)(H,15,16,18)/t7-/m1/s1. The van der Waals surface area contributed by atoms with Gasteiger partial charge in [-0.2, -0.15) is 0 Å². The minimum atomic E-state index is -0.887. The summed E-state index contributed by atoms with van der Waals surface area (Å²) in [6.07, 6.45) is 0.375. The maximum absolute atomic E-state index is 14.0. The zero-order chi connectivity index (χ0) is 13.3. The van der Waals surface area contributed by atoms with Crippen molar-refractivity contribution in [1.29, 1.82) is 0 Å². The molecule has 0 saturated carbocycles. The Morgan fingerprint density at radius 2 is 2.11 bits per heavy atom. The van der Waals surface area contributed by atoms with Crippen LogP contribution in [-0.4, -0.2) is 17.7 Å². The van der Waals surface area contributed by atoms with Gasteiger partial charge in [-0.3, -0.25) is 19.7 Å². The van der Waals surface area contributed by atoms with Crippen molar-refractivity contribution in [2.75, 3.05) is 0 Å². The van der Waals surface area contributed by atoms with E-state index in [0.29, 0.717) is 0 Å². The minimum Gasteiger partial charge on any atom is -0.366 e. The lowest BCUT2D eigenvalue weighted by molar-refractivity contribution is -0.134. The Hall–Kier alpha value is -2.24. The number of hydrogen-bond acceptors (Lipinski definition) is 3. The van der Waals surface area contributed by atoms with Crippen LogP contribution in [0.15, 0.2) is 18.2 Å². The first-order valence-corrected chi connectivity index (χ1v) is 5.42. The van der Waals surface area contributed by atoms with Crippen LogP contribution in [-0.2, 0) is 9.59 Å². The molecule has 0 unspecified atom stereocenters. The third-order valence-electron chi connectivity index (χ3n) is 2.91. The Morgan fingerprint density at radius 3 is 2.72 bits per heavy atom. The van der Waals surface area contributed by atoms with E-state index in [4.69, 9.17) is 5.73 Å². The number of nitrogens with two attached hydrogens (primary N) is 1. The van der Waals surface area contributed by atoms with Gasteiger partial charge in [-0.1, -0.05) is 12.1 Å². The van der Waals surface area contributed by atoms with Gasteiger partial charge in [0.15, 0.2) is 0 Å². The van der Waals surface area contributed by atoms with E-state index >= 15 is 0 Å². The molecule has 0 aliphatic carbocycles. The summed E-state index contributed by atoms with van der Waals surface area (Å²) in [6, 6.07) is 4.14. The van der Waals surface area contributed by atoms with Gasteiger partial charge in [0, 0.05) is 12.0 Å². The van der Waals surface area contributed by atoms with E-state index in [2.05, 4.69) is 5.32 Å². The normalized spacial score (nSPS) is 19.5. The molecule has 1 heterocycles. The molecule has 1 saturated heterocycles. The maximum atomic E-state index is 14.0. The average molecular weight is 250 g/mol. The smallest absolute Gasteiger partial charge is 0.251 e. The topological polar surface area (TPSA) is 89.3 Å². The summed E-state index contributed by atoms with van der Waals surface area (Å²) in [4.78, 5) is 33.7. The number of benzene rings is 1. The second kappa shape index (κ2) is 4.56. The third-order valence-corrected chi connectivity index (χ3v) is 2.91. The van der Waals surface area contributed by atoms with Crippen LogP contribution in [0.4, 0.5) is 4.39 Å². The molecule has 18 heavy (non-hydrogen) atoms. The molecule has 1 aliphatic heterocycles. The van der Waals surface area contributed by atoms with Crippen LogP contribution >= 0.6 is 0 Å². The monoisotopic (exact) mass is 250 g/mol. The largest absolute Gasteiger partial charge is 0.366 e. The first kappa shape index (κ1) is 12.2. The molecule has 1 aromatic carbocycles. The Morgan fingerprint density at radius 1 is 1.39 bits per heavy atom. The molecular weight excluding hydrogens is 239 g/mol. The van der Waals surface area contributed by atoms with Crippen molar-refractivity contribution in [3.05, 3.63) is 35.1 Å². The summed E-state index contributed by atoms with van der Waals surface area (Å²) in [5, 5.41) is 2.14. The van der Waals surface area contributed by atoms with Crippen LogP contribution in [0, 0.1) is 5.82 Å². The Kier molecular flexibility index (Phi) is 3.10. The number of halogens is 1. The Balaban J connectivity index is 2.39. The number of rotatable bonds is 2. The van der Waals surface area contributed by atoms with Gasteiger partial charge in [-0.15, -0.1) is 0 Å². The molecule has 1 atom stereocenters. The second-order valence-corrected chi connectivity index (χ2v) is 4.08. The van der Waals surface area contributed by atoms with Gasteiger partial charge < -0.3 is 5.73 Å². The third kappa shape index (κ3) is 2.09. The highest BCUT2D eigenvalue weighted by molar-refractivity contribution is 6.01. The van der Waals surface area contributed by atoms with Gasteiger partial charge in [0.05, 0.1) is 11.5 Å². The first-order chi connectivity index (χ1) is 8.50. The predicted octanol–water partition coefficient (Wildman–Crippen LogP) is 0.445. The van der Waals surface area contributed by atoms with Crippen molar-refractivity contribution >= 4 is 17.7 Å². The number of primary amides is 1. The van der Waals surface area contributed by atoms with E-state index in [-0.39, 0.29) is 29.9 Å². The number of hydrogen-bond donors (Lipinski definition) is 2. The summed E-state index contributed by atoms with van der Waals surface area (Å²) in [5.74, 6) is -3.36. The van der Waals surface area contributed by atoms with Crippen LogP contribution < -0.4 is 11.1 Å². The fourth-order valence-electron chi connectivity index (χ4n) is 2.00. The van der Waals surface area contributed by atoms with E-state index in [1.54, 1.807) is 0 Å². The van der Waals surface area contributed by atoms with Gasteiger partial charge >= 0.3 is 0 Å². The molecule has 1 fully saturated rings. The summed E-state index contributed by atoms with van der Waals surface area (Å²) in [7, 11) is 0. The number of carbonyl (C=O) groups is 3. The van der Waals surface area contributed by atoms with Crippen molar-refractivity contribution in [3.63, 3.8) is 0 Å². The number of nitrogens with one attached hydrogen (secondary N) is 1. The molecule has 1 aliphatic rings. The summed E-state index contributed by atoms with van der Waals surface area (Å²) >= 11 is 0. The fourth-order valence-corrected chi connectivity index (χ4v) is 2.00. The molecule has 3 amide bonds. The van der Waals surface area contributed by atoms with E-state index in [1.807, 2.05) is 0 Å². The van der Waals surface area contributed by atoms with Crippen LogP contribution in [0.5, 0.6) is 0 Å². The van der Waals surface area contributed by atoms with Crippen LogP contribution in [0.25, 0.3) is 0 Å². The van der Waals surface area contributed by atoms with E-state index in [9.17, 15) is 18.8 Å². The molecular formula is C12H11FN2O3. The molecule has 0 bridgehead atoms. The SMILES string of the molecule is NC(=O)c1cccc([C@H]2CCC(=O)NC2=O)c1F. The van der Waals surface area contributed by atoms with E-state index in [1.165, 1.54) is 18.2 Å². The first-order valence-electron chi connectivity index (χ1n) is 5.42. The van der Waals surface area contributed by atoms with Crippen LogP contribution in [0.1, 0.15) is 34.7 Å². The van der Waals surface area contributed by atoms with Crippen molar-refractivity contribution in [1.82, 2.24) is 5.32 Å². The highest BCUT2D eigenvalue weighted by atomic mass is 19.1. The zero-order valence-corrected chi connectivity index (χ0v) is 9.40. The highest BCUT2D eigenvalue weighted by Gasteiger charge is 2.30. The molecule has 94 valence electrons. The Labute approximate surface area is 102 Å². The molecule has 5 nitrogen and oxygen atoms in total. The molecule has 0 aromatic heterocycles. The summed E-state index contributed by atoms with van der Waals surface area (Å²) in [5.41, 5.74) is 4.88. The summed E-state index contributed by atoms with van der Waals surface area (Å²) in [6.45, 7) is 0. The fraction of sp³-hybridized carbons (Fsp3) is 0.250. The van der Waals surface area contributed by atoms with Crippen LogP contribution in [0.3, 0.4) is 0 Å². The number of carbonyl (C=O) groups excluding carboxylic acids is 3. The Bertz CT molecular complexity index is 542. The number of amides is 3. The number of imide groups is 1. The van der Waals surface area contributed by atoms with Crippen molar-refractivity contribution in [2.24, 2.45) is 5.73 Å².